The van der Waals surface area contributed by atoms with Crippen molar-refractivity contribution in [1.29, 1.82) is 0 Å². The van der Waals surface area contributed by atoms with Crippen LogP contribution < -0.4 is 5.32 Å². The molecule has 3 heteroatoms. The molecule has 0 aliphatic carbocycles. The van der Waals surface area contributed by atoms with E-state index in [4.69, 9.17) is 18.0 Å². The molecule has 0 heterocycles. The van der Waals surface area contributed by atoms with Crippen LogP contribution in [-0.4, -0.2) is 6.04 Å². The van der Waals surface area contributed by atoms with Crippen molar-refractivity contribution in [2.75, 3.05) is 0 Å². The van der Waals surface area contributed by atoms with E-state index in [0.717, 1.165) is 12.0 Å². The Bertz CT molecular complexity index is 397. The van der Waals surface area contributed by atoms with Gasteiger partial charge in [-0.3, -0.25) is 5.32 Å². The number of benzene rings is 1. The molecule has 0 aliphatic rings. The number of rotatable bonds is 4. The number of hydrogen-bond acceptors (Lipinski definition) is 1. The SMILES string of the molecule is C#CC(CC)NC(C)c1ccc(F)cc1Cl. The van der Waals surface area contributed by atoms with Crippen molar-refractivity contribution in [3.05, 3.63) is 34.6 Å². The van der Waals surface area contributed by atoms with Crippen LogP contribution in [0.5, 0.6) is 0 Å². The van der Waals surface area contributed by atoms with Gasteiger partial charge in [-0.25, -0.2) is 4.39 Å². The van der Waals surface area contributed by atoms with Gasteiger partial charge < -0.3 is 0 Å². The lowest BCUT2D eigenvalue weighted by atomic mass is 10.1. The third kappa shape index (κ3) is 3.23. The standard InChI is InChI=1S/C13H15ClFN/c1-4-11(5-2)16-9(3)12-7-6-10(15)8-13(12)14/h1,6-9,11,16H,5H2,2-3H3. The lowest BCUT2D eigenvalue weighted by molar-refractivity contribution is 0.511. The molecule has 0 amide bonds. The van der Waals surface area contributed by atoms with E-state index in [0.29, 0.717) is 5.02 Å². The molecule has 1 nitrogen and oxygen atoms in total. The highest BCUT2D eigenvalue weighted by molar-refractivity contribution is 6.31. The zero-order chi connectivity index (χ0) is 12.1. The minimum atomic E-state index is -0.329. The van der Waals surface area contributed by atoms with Crippen molar-refractivity contribution in [1.82, 2.24) is 5.32 Å². The van der Waals surface area contributed by atoms with Crippen molar-refractivity contribution in [2.45, 2.75) is 32.4 Å². The summed E-state index contributed by atoms with van der Waals surface area (Å²) in [5, 5.41) is 3.67. The van der Waals surface area contributed by atoms with E-state index in [2.05, 4.69) is 11.2 Å². The Balaban J connectivity index is 2.81. The van der Waals surface area contributed by atoms with Crippen LogP contribution in [0.3, 0.4) is 0 Å². The Hall–Kier alpha value is -1.04. The molecule has 1 N–H and O–H groups in total. The third-order valence-corrected chi connectivity index (χ3v) is 2.82. The molecule has 0 bridgehead atoms. The van der Waals surface area contributed by atoms with E-state index in [1.807, 2.05) is 13.8 Å². The van der Waals surface area contributed by atoms with Crippen LogP contribution in [0.25, 0.3) is 0 Å². The van der Waals surface area contributed by atoms with E-state index in [-0.39, 0.29) is 17.9 Å². The van der Waals surface area contributed by atoms with Crippen molar-refractivity contribution < 1.29 is 4.39 Å². The molecule has 1 aromatic carbocycles. The Morgan fingerprint density at radius 3 is 2.75 bits per heavy atom. The quantitative estimate of drug-likeness (QED) is 0.793. The first-order chi connectivity index (χ1) is 7.58. The summed E-state index contributed by atoms with van der Waals surface area (Å²) in [7, 11) is 0. The molecular formula is C13H15ClFN. The fraction of sp³-hybridized carbons (Fsp3) is 0.385. The molecule has 0 radical (unpaired) electrons. The predicted octanol–water partition coefficient (Wildman–Crippen LogP) is 3.54. The lowest BCUT2D eigenvalue weighted by Gasteiger charge is -2.19. The zero-order valence-electron chi connectivity index (χ0n) is 9.43. The normalized spacial score (nSPS) is 14.2. The van der Waals surface area contributed by atoms with Crippen molar-refractivity contribution in [3.63, 3.8) is 0 Å². The summed E-state index contributed by atoms with van der Waals surface area (Å²) in [5.74, 6) is 2.33. The van der Waals surface area contributed by atoms with E-state index in [1.54, 1.807) is 6.07 Å². The first-order valence-corrected chi connectivity index (χ1v) is 5.63. The largest absolute Gasteiger partial charge is 0.297 e. The van der Waals surface area contributed by atoms with Gasteiger partial charge in [0, 0.05) is 11.1 Å². The van der Waals surface area contributed by atoms with E-state index < -0.39 is 0 Å². The van der Waals surface area contributed by atoms with Crippen LogP contribution in [-0.2, 0) is 0 Å². The molecule has 0 spiro atoms. The first kappa shape index (κ1) is 13.0. The monoisotopic (exact) mass is 239 g/mol. The van der Waals surface area contributed by atoms with Crippen LogP contribution in [0, 0.1) is 18.2 Å². The van der Waals surface area contributed by atoms with Crippen LogP contribution in [0.4, 0.5) is 4.39 Å². The van der Waals surface area contributed by atoms with Gasteiger partial charge in [-0.1, -0.05) is 30.5 Å². The number of nitrogens with one attached hydrogen (secondary N) is 1. The molecule has 0 fully saturated rings. The Kier molecular flexibility index (Phi) is 4.79. The first-order valence-electron chi connectivity index (χ1n) is 5.25. The minimum absolute atomic E-state index is 0.00843. The molecule has 1 aromatic rings. The summed E-state index contributed by atoms with van der Waals surface area (Å²) in [6.07, 6.45) is 6.21. The van der Waals surface area contributed by atoms with Crippen LogP contribution >= 0.6 is 11.6 Å². The van der Waals surface area contributed by atoms with Crippen LogP contribution in [0.2, 0.25) is 5.02 Å². The van der Waals surface area contributed by atoms with Crippen molar-refractivity contribution in [3.8, 4) is 12.3 Å². The van der Waals surface area contributed by atoms with Gasteiger partial charge in [0.1, 0.15) is 5.82 Å². The molecule has 1 rings (SSSR count). The summed E-state index contributed by atoms with van der Waals surface area (Å²) in [4.78, 5) is 0. The predicted molar refractivity (Wildman–Crippen MR) is 65.9 cm³/mol. The Morgan fingerprint density at radius 1 is 1.56 bits per heavy atom. The fourth-order valence-corrected chi connectivity index (χ4v) is 1.86. The molecule has 86 valence electrons. The zero-order valence-corrected chi connectivity index (χ0v) is 10.2. The fourth-order valence-electron chi connectivity index (χ4n) is 1.53. The highest BCUT2D eigenvalue weighted by Gasteiger charge is 2.12. The van der Waals surface area contributed by atoms with Crippen molar-refractivity contribution >= 4 is 11.6 Å². The van der Waals surface area contributed by atoms with Gasteiger partial charge in [-0.15, -0.1) is 6.42 Å². The van der Waals surface area contributed by atoms with Gasteiger partial charge in [0.25, 0.3) is 0 Å². The third-order valence-electron chi connectivity index (χ3n) is 2.49. The molecule has 0 saturated carbocycles. The highest BCUT2D eigenvalue weighted by atomic mass is 35.5. The smallest absolute Gasteiger partial charge is 0.124 e. The Morgan fingerprint density at radius 2 is 2.25 bits per heavy atom. The molecule has 0 aliphatic heterocycles. The number of hydrogen-bond donors (Lipinski definition) is 1. The summed E-state index contributed by atoms with van der Waals surface area (Å²) in [5.41, 5.74) is 0.858. The van der Waals surface area contributed by atoms with E-state index >= 15 is 0 Å². The maximum absolute atomic E-state index is 12.9. The maximum atomic E-state index is 12.9. The number of halogens is 2. The second kappa shape index (κ2) is 5.89. The van der Waals surface area contributed by atoms with Gasteiger partial charge in [0.05, 0.1) is 6.04 Å². The summed E-state index contributed by atoms with van der Waals surface area (Å²) >= 11 is 5.96. The molecule has 2 atom stereocenters. The van der Waals surface area contributed by atoms with Gasteiger partial charge in [0.2, 0.25) is 0 Å². The van der Waals surface area contributed by atoms with Crippen LogP contribution in [0.1, 0.15) is 31.9 Å². The van der Waals surface area contributed by atoms with Crippen molar-refractivity contribution in [2.24, 2.45) is 0 Å². The van der Waals surface area contributed by atoms with Gasteiger partial charge >= 0.3 is 0 Å². The average Bonchev–Trinajstić information content (AvgIpc) is 2.25. The van der Waals surface area contributed by atoms with Gasteiger partial charge in [0.15, 0.2) is 0 Å². The molecule has 2 unspecified atom stereocenters. The molecule has 0 saturated heterocycles. The molecular weight excluding hydrogens is 225 g/mol. The second-order valence-electron chi connectivity index (χ2n) is 3.68. The number of terminal acetylenes is 1. The maximum Gasteiger partial charge on any atom is 0.124 e. The van der Waals surface area contributed by atoms with E-state index in [1.165, 1.54) is 12.1 Å². The van der Waals surface area contributed by atoms with Gasteiger partial charge in [-0.05, 0) is 31.0 Å². The van der Waals surface area contributed by atoms with Crippen LogP contribution in [0.15, 0.2) is 18.2 Å². The minimum Gasteiger partial charge on any atom is -0.297 e. The lowest BCUT2D eigenvalue weighted by Crippen LogP contribution is -2.29. The summed E-state index contributed by atoms with van der Waals surface area (Å²) in [6.45, 7) is 3.97. The van der Waals surface area contributed by atoms with Gasteiger partial charge in [-0.2, -0.15) is 0 Å². The molecule has 16 heavy (non-hydrogen) atoms. The summed E-state index contributed by atoms with van der Waals surface area (Å²) < 4.78 is 12.9. The summed E-state index contributed by atoms with van der Waals surface area (Å²) in [6, 6.07) is 4.41. The molecule has 0 aromatic heterocycles. The second-order valence-corrected chi connectivity index (χ2v) is 4.09. The topological polar surface area (TPSA) is 12.0 Å². The van der Waals surface area contributed by atoms with E-state index in [9.17, 15) is 4.39 Å². The Labute approximate surface area is 101 Å². The average molecular weight is 240 g/mol. The highest BCUT2D eigenvalue weighted by Crippen LogP contribution is 2.24.